The van der Waals surface area contributed by atoms with Crippen molar-refractivity contribution in [3.63, 3.8) is 0 Å². The zero-order chi connectivity index (χ0) is 13.2. The van der Waals surface area contributed by atoms with E-state index in [1.54, 1.807) is 0 Å². The summed E-state index contributed by atoms with van der Waals surface area (Å²) in [6, 6.07) is 1.06. The van der Waals surface area contributed by atoms with Gasteiger partial charge in [0.25, 0.3) is 0 Å². The third-order valence-corrected chi connectivity index (χ3v) is 4.45. The summed E-state index contributed by atoms with van der Waals surface area (Å²) in [7, 11) is 0. The van der Waals surface area contributed by atoms with E-state index in [4.69, 9.17) is 5.73 Å². The fourth-order valence-corrected chi connectivity index (χ4v) is 3.26. The highest BCUT2D eigenvalue weighted by atomic mass is 16.1. The van der Waals surface area contributed by atoms with E-state index in [0.717, 1.165) is 32.4 Å². The Labute approximate surface area is 110 Å². The van der Waals surface area contributed by atoms with Gasteiger partial charge in [0.05, 0.1) is 5.54 Å². The molecule has 0 aromatic heterocycles. The predicted octanol–water partition coefficient (Wildman–Crippen LogP) is 1.25. The molecule has 0 heterocycles. The molecule has 4 nitrogen and oxygen atoms in total. The lowest BCUT2D eigenvalue weighted by Gasteiger charge is -2.31. The zero-order valence-corrected chi connectivity index (χ0v) is 11.7. The van der Waals surface area contributed by atoms with Gasteiger partial charge < -0.3 is 16.0 Å². The van der Waals surface area contributed by atoms with E-state index in [2.05, 4.69) is 24.1 Å². The molecule has 0 aromatic carbocycles. The second-order valence-electron chi connectivity index (χ2n) is 5.89. The van der Waals surface area contributed by atoms with Crippen LogP contribution < -0.4 is 11.1 Å². The third-order valence-electron chi connectivity index (χ3n) is 4.45. The summed E-state index contributed by atoms with van der Waals surface area (Å²) in [6.07, 6.45) is 6.47. The van der Waals surface area contributed by atoms with E-state index < -0.39 is 5.54 Å². The number of rotatable bonds is 7. The first-order chi connectivity index (χ1) is 8.61. The summed E-state index contributed by atoms with van der Waals surface area (Å²) in [5.74, 6) is -0.149. The van der Waals surface area contributed by atoms with Crippen molar-refractivity contribution in [2.75, 3.05) is 13.1 Å². The van der Waals surface area contributed by atoms with Crippen LogP contribution in [0.15, 0.2) is 0 Å². The molecule has 2 aliphatic carbocycles. The fraction of sp³-hybridized carbons (Fsp3) is 0.929. The molecule has 2 rings (SSSR count). The molecule has 0 aromatic rings. The molecule has 0 aliphatic heterocycles. The third kappa shape index (κ3) is 2.86. The molecule has 2 saturated carbocycles. The van der Waals surface area contributed by atoms with Crippen LogP contribution in [0.4, 0.5) is 0 Å². The summed E-state index contributed by atoms with van der Waals surface area (Å²) < 4.78 is 0. The van der Waals surface area contributed by atoms with Crippen LogP contribution in [0.5, 0.6) is 0 Å². The highest BCUT2D eigenvalue weighted by Crippen LogP contribution is 2.36. The minimum atomic E-state index is -0.424. The second kappa shape index (κ2) is 5.57. The zero-order valence-electron chi connectivity index (χ0n) is 11.7. The maximum atomic E-state index is 11.8. The maximum absolute atomic E-state index is 11.8. The first-order valence-electron chi connectivity index (χ1n) is 7.43. The minimum absolute atomic E-state index is 0.149. The Hall–Kier alpha value is -0.610. The van der Waals surface area contributed by atoms with E-state index >= 15 is 0 Å². The van der Waals surface area contributed by atoms with Crippen LogP contribution in [0, 0.1) is 0 Å². The first-order valence-corrected chi connectivity index (χ1v) is 7.43. The summed E-state index contributed by atoms with van der Waals surface area (Å²) in [5, 5.41) is 3.52. The smallest absolute Gasteiger partial charge is 0.237 e. The van der Waals surface area contributed by atoms with Crippen LogP contribution in [0.3, 0.4) is 0 Å². The number of nitrogens with two attached hydrogens (primary N) is 1. The molecule has 2 fully saturated rings. The number of nitrogens with zero attached hydrogens (tertiary/aromatic N) is 1. The Morgan fingerprint density at radius 2 is 2.11 bits per heavy atom. The van der Waals surface area contributed by atoms with Gasteiger partial charge in [-0.3, -0.25) is 4.79 Å². The van der Waals surface area contributed by atoms with Gasteiger partial charge in [-0.05, 0) is 51.6 Å². The number of nitrogens with one attached hydrogen (secondary N) is 1. The van der Waals surface area contributed by atoms with Gasteiger partial charge in [-0.15, -0.1) is 0 Å². The summed E-state index contributed by atoms with van der Waals surface area (Å²) in [6.45, 7) is 6.60. The Morgan fingerprint density at radius 3 is 2.61 bits per heavy atom. The molecule has 0 spiro atoms. The highest BCUT2D eigenvalue weighted by molar-refractivity contribution is 5.85. The molecule has 1 amide bonds. The van der Waals surface area contributed by atoms with Gasteiger partial charge in [-0.2, -0.15) is 0 Å². The average molecular weight is 253 g/mol. The van der Waals surface area contributed by atoms with Crippen LogP contribution in [0.25, 0.3) is 0 Å². The van der Waals surface area contributed by atoms with Gasteiger partial charge in [-0.25, -0.2) is 0 Å². The second-order valence-corrected chi connectivity index (χ2v) is 5.89. The molecule has 2 atom stereocenters. The van der Waals surface area contributed by atoms with Crippen molar-refractivity contribution in [1.29, 1.82) is 0 Å². The average Bonchev–Trinajstić information content (AvgIpc) is 3.04. The molecular formula is C14H27N3O. The molecule has 3 N–H and O–H groups in total. The van der Waals surface area contributed by atoms with Crippen LogP contribution in [0.1, 0.15) is 52.4 Å². The van der Waals surface area contributed by atoms with Crippen molar-refractivity contribution in [3.05, 3.63) is 0 Å². The summed E-state index contributed by atoms with van der Waals surface area (Å²) in [4.78, 5) is 14.3. The Balaban J connectivity index is 2.00. The van der Waals surface area contributed by atoms with Gasteiger partial charge in [0.15, 0.2) is 0 Å². The molecule has 0 saturated heterocycles. The van der Waals surface area contributed by atoms with Gasteiger partial charge >= 0.3 is 0 Å². The van der Waals surface area contributed by atoms with E-state index in [1.165, 1.54) is 19.3 Å². The van der Waals surface area contributed by atoms with Crippen molar-refractivity contribution in [2.45, 2.75) is 70.0 Å². The largest absolute Gasteiger partial charge is 0.368 e. The lowest BCUT2D eigenvalue weighted by atomic mass is 9.96. The first kappa shape index (κ1) is 13.8. The molecule has 104 valence electrons. The van der Waals surface area contributed by atoms with Crippen molar-refractivity contribution < 1.29 is 4.79 Å². The van der Waals surface area contributed by atoms with Gasteiger partial charge in [0, 0.05) is 12.1 Å². The quantitative estimate of drug-likeness (QED) is 0.718. The number of carbonyl (C=O) groups is 1. The number of hydrogen-bond acceptors (Lipinski definition) is 3. The number of hydrogen-bond donors (Lipinski definition) is 2. The van der Waals surface area contributed by atoms with Crippen molar-refractivity contribution in [3.8, 4) is 0 Å². The van der Waals surface area contributed by atoms with E-state index in [1.807, 2.05) is 0 Å². The predicted molar refractivity (Wildman–Crippen MR) is 73.3 cm³/mol. The fourth-order valence-electron chi connectivity index (χ4n) is 3.26. The van der Waals surface area contributed by atoms with Gasteiger partial charge in [-0.1, -0.05) is 13.8 Å². The Morgan fingerprint density at radius 1 is 1.39 bits per heavy atom. The van der Waals surface area contributed by atoms with Crippen molar-refractivity contribution >= 4 is 5.91 Å². The maximum Gasteiger partial charge on any atom is 0.237 e. The normalized spacial score (nSPS) is 32.1. The van der Waals surface area contributed by atoms with Crippen LogP contribution in [-0.2, 0) is 4.79 Å². The summed E-state index contributed by atoms with van der Waals surface area (Å²) in [5.41, 5.74) is 5.24. The number of primary amides is 1. The van der Waals surface area contributed by atoms with Crippen molar-refractivity contribution in [1.82, 2.24) is 10.2 Å². The number of amides is 1. The van der Waals surface area contributed by atoms with E-state index in [0.29, 0.717) is 12.1 Å². The van der Waals surface area contributed by atoms with Gasteiger partial charge in [0.2, 0.25) is 5.91 Å². The molecule has 0 bridgehead atoms. The van der Waals surface area contributed by atoms with Crippen molar-refractivity contribution in [2.24, 2.45) is 5.73 Å². The number of carbonyl (C=O) groups excluding carboxylic acids is 1. The molecule has 2 aliphatic rings. The minimum Gasteiger partial charge on any atom is -0.368 e. The molecule has 0 radical (unpaired) electrons. The molecule has 2 unspecified atom stereocenters. The Bertz CT molecular complexity index is 303. The highest BCUT2D eigenvalue weighted by Gasteiger charge is 2.47. The van der Waals surface area contributed by atoms with Crippen LogP contribution >= 0.6 is 0 Å². The SMILES string of the molecule is CCCN(CC)C1CCC(NC2CC2)(C(N)=O)C1. The summed E-state index contributed by atoms with van der Waals surface area (Å²) >= 11 is 0. The van der Waals surface area contributed by atoms with Gasteiger partial charge in [0.1, 0.15) is 0 Å². The Kier molecular flexibility index (Phi) is 4.28. The monoisotopic (exact) mass is 253 g/mol. The van der Waals surface area contributed by atoms with Crippen LogP contribution in [-0.4, -0.2) is 41.5 Å². The standard InChI is InChI=1S/C14H27N3O/c1-3-9-17(4-2)12-7-8-14(10-12,13(15)18)16-11-5-6-11/h11-12,16H,3-10H2,1-2H3,(H2,15,18). The topological polar surface area (TPSA) is 58.4 Å². The lowest BCUT2D eigenvalue weighted by Crippen LogP contribution is -2.55. The molecular weight excluding hydrogens is 226 g/mol. The molecule has 4 heteroatoms. The molecule has 18 heavy (non-hydrogen) atoms. The lowest BCUT2D eigenvalue weighted by molar-refractivity contribution is -0.124. The van der Waals surface area contributed by atoms with Crippen LogP contribution in [0.2, 0.25) is 0 Å². The van der Waals surface area contributed by atoms with E-state index in [-0.39, 0.29) is 5.91 Å². The van der Waals surface area contributed by atoms with E-state index in [9.17, 15) is 4.79 Å².